The summed E-state index contributed by atoms with van der Waals surface area (Å²) in [6, 6.07) is 12.7. The standard InChI is InChI=1S/C19H23N3O3/c1-13-17(8-5-9-18(13)22(24)25)14(2)21-11-10-15-6-4-7-16(12-15)19(23)20-3/h4-9,12,14,21H,10-11H2,1-3H3,(H,20,23)/t14-/m0/s1. The van der Waals surface area contributed by atoms with Crippen molar-refractivity contribution in [2.45, 2.75) is 26.3 Å². The summed E-state index contributed by atoms with van der Waals surface area (Å²) in [5.74, 6) is -0.101. The molecule has 0 fully saturated rings. The highest BCUT2D eigenvalue weighted by molar-refractivity contribution is 5.94. The van der Waals surface area contributed by atoms with Crippen molar-refractivity contribution >= 4 is 11.6 Å². The van der Waals surface area contributed by atoms with Gasteiger partial charge < -0.3 is 10.6 Å². The first kappa shape index (κ1) is 18.6. The van der Waals surface area contributed by atoms with Gasteiger partial charge in [-0.15, -0.1) is 0 Å². The first-order chi connectivity index (χ1) is 11.9. The summed E-state index contributed by atoms with van der Waals surface area (Å²) in [4.78, 5) is 22.4. The van der Waals surface area contributed by atoms with E-state index < -0.39 is 0 Å². The molecule has 0 aliphatic heterocycles. The molecule has 0 spiro atoms. The van der Waals surface area contributed by atoms with E-state index in [0.29, 0.717) is 17.7 Å². The Labute approximate surface area is 147 Å². The van der Waals surface area contributed by atoms with E-state index >= 15 is 0 Å². The molecule has 0 heterocycles. The lowest BCUT2D eigenvalue weighted by atomic mass is 10.0. The minimum absolute atomic E-state index is 0.00187. The number of nitrogens with one attached hydrogen (secondary N) is 2. The van der Waals surface area contributed by atoms with E-state index in [1.165, 1.54) is 6.07 Å². The molecule has 0 saturated carbocycles. The Morgan fingerprint density at radius 1 is 1.24 bits per heavy atom. The van der Waals surface area contributed by atoms with E-state index in [9.17, 15) is 14.9 Å². The molecule has 0 bridgehead atoms. The average molecular weight is 341 g/mol. The van der Waals surface area contributed by atoms with E-state index in [1.54, 1.807) is 26.1 Å². The topological polar surface area (TPSA) is 84.3 Å². The smallest absolute Gasteiger partial charge is 0.272 e. The quantitative estimate of drug-likeness (QED) is 0.598. The zero-order valence-corrected chi connectivity index (χ0v) is 14.7. The van der Waals surface area contributed by atoms with Crippen LogP contribution in [0.2, 0.25) is 0 Å². The van der Waals surface area contributed by atoms with Crippen molar-refractivity contribution < 1.29 is 9.72 Å². The number of carbonyl (C=O) groups is 1. The predicted molar refractivity (Wildman–Crippen MR) is 97.8 cm³/mol. The summed E-state index contributed by atoms with van der Waals surface area (Å²) < 4.78 is 0. The van der Waals surface area contributed by atoms with Gasteiger partial charge in [0.05, 0.1) is 4.92 Å². The van der Waals surface area contributed by atoms with Crippen LogP contribution in [0.3, 0.4) is 0 Å². The van der Waals surface area contributed by atoms with Crippen molar-refractivity contribution in [1.29, 1.82) is 0 Å². The number of nitro benzene ring substituents is 1. The second kappa shape index (κ2) is 8.39. The molecule has 0 radical (unpaired) electrons. The zero-order valence-electron chi connectivity index (χ0n) is 14.7. The number of nitro groups is 1. The van der Waals surface area contributed by atoms with E-state index in [-0.39, 0.29) is 22.6 Å². The molecule has 2 aromatic carbocycles. The molecule has 6 nitrogen and oxygen atoms in total. The number of rotatable bonds is 7. The van der Waals surface area contributed by atoms with Crippen molar-refractivity contribution in [3.8, 4) is 0 Å². The highest BCUT2D eigenvalue weighted by atomic mass is 16.6. The lowest BCUT2D eigenvalue weighted by Crippen LogP contribution is -2.22. The summed E-state index contributed by atoms with van der Waals surface area (Å²) in [5, 5.41) is 17.1. The van der Waals surface area contributed by atoms with Crippen molar-refractivity contribution in [3.05, 3.63) is 74.8 Å². The van der Waals surface area contributed by atoms with Gasteiger partial charge in [0.1, 0.15) is 0 Å². The highest BCUT2D eigenvalue weighted by Gasteiger charge is 2.16. The minimum Gasteiger partial charge on any atom is -0.355 e. The van der Waals surface area contributed by atoms with E-state index in [1.807, 2.05) is 31.2 Å². The van der Waals surface area contributed by atoms with E-state index in [4.69, 9.17) is 0 Å². The summed E-state index contributed by atoms with van der Waals surface area (Å²) in [6.07, 6.45) is 0.767. The first-order valence-electron chi connectivity index (χ1n) is 8.22. The molecular formula is C19H23N3O3. The Hall–Kier alpha value is -2.73. The fraction of sp³-hybridized carbons (Fsp3) is 0.316. The van der Waals surface area contributed by atoms with Gasteiger partial charge in [-0.05, 0) is 50.1 Å². The Balaban J connectivity index is 1.99. The first-order valence-corrected chi connectivity index (χ1v) is 8.22. The van der Waals surface area contributed by atoms with Gasteiger partial charge in [0.25, 0.3) is 11.6 Å². The summed E-state index contributed by atoms with van der Waals surface area (Å²) in [7, 11) is 1.61. The Morgan fingerprint density at radius 2 is 1.96 bits per heavy atom. The van der Waals surface area contributed by atoms with Gasteiger partial charge in [-0.2, -0.15) is 0 Å². The van der Waals surface area contributed by atoms with Gasteiger partial charge in [0.2, 0.25) is 0 Å². The molecular weight excluding hydrogens is 318 g/mol. The molecule has 0 aliphatic carbocycles. The van der Waals surface area contributed by atoms with Gasteiger partial charge in [-0.1, -0.05) is 24.3 Å². The molecule has 2 aromatic rings. The molecule has 6 heteroatoms. The predicted octanol–water partition coefficient (Wildman–Crippen LogP) is 3.16. The highest BCUT2D eigenvalue weighted by Crippen LogP contribution is 2.25. The SMILES string of the molecule is CNC(=O)c1cccc(CCN[C@@H](C)c2cccc([N+](=O)[O-])c2C)c1. The second-order valence-corrected chi connectivity index (χ2v) is 5.95. The van der Waals surface area contributed by atoms with Crippen LogP contribution in [-0.2, 0) is 6.42 Å². The number of carbonyl (C=O) groups excluding carboxylic acids is 1. The maximum absolute atomic E-state index is 11.7. The van der Waals surface area contributed by atoms with Gasteiger partial charge in [0, 0.05) is 30.3 Å². The lowest BCUT2D eigenvalue weighted by molar-refractivity contribution is -0.385. The monoisotopic (exact) mass is 341 g/mol. The minimum atomic E-state index is -0.351. The molecule has 2 N–H and O–H groups in total. The maximum Gasteiger partial charge on any atom is 0.272 e. The van der Waals surface area contributed by atoms with Crippen LogP contribution in [0, 0.1) is 17.0 Å². The van der Waals surface area contributed by atoms with Gasteiger partial charge in [-0.25, -0.2) is 0 Å². The average Bonchev–Trinajstić information content (AvgIpc) is 2.61. The van der Waals surface area contributed by atoms with Crippen LogP contribution in [0.15, 0.2) is 42.5 Å². The van der Waals surface area contributed by atoms with Gasteiger partial charge in [-0.3, -0.25) is 14.9 Å². The maximum atomic E-state index is 11.7. The number of nitrogens with zero attached hydrogens (tertiary/aromatic N) is 1. The number of hydrogen-bond acceptors (Lipinski definition) is 4. The third-order valence-electron chi connectivity index (χ3n) is 4.29. The summed E-state index contributed by atoms with van der Waals surface area (Å²) >= 11 is 0. The molecule has 25 heavy (non-hydrogen) atoms. The van der Waals surface area contributed by atoms with Crippen LogP contribution in [0.5, 0.6) is 0 Å². The third-order valence-corrected chi connectivity index (χ3v) is 4.29. The van der Waals surface area contributed by atoms with E-state index in [0.717, 1.165) is 17.5 Å². The van der Waals surface area contributed by atoms with Crippen molar-refractivity contribution in [1.82, 2.24) is 10.6 Å². The second-order valence-electron chi connectivity index (χ2n) is 5.95. The molecule has 0 aliphatic rings. The Kier molecular flexibility index (Phi) is 6.25. The van der Waals surface area contributed by atoms with Crippen molar-refractivity contribution in [3.63, 3.8) is 0 Å². The molecule has 0 unspecified atom stereocenters. The van der Waals surface area contributed by atoms with Crippen LogP contribution in [0.4, 0.5) is 5.69 Å². The van der Waals surface area contributed by atoms with Crippen molar-refractivity contribution in [2.24, 2.45) is 0 Å². The Morgan fingerprint density at radius 3 is 2.64 bits per heavy atom. The van der Waals surface area contributed by atoms with Crippen LogP contribution < -0.4 is 10.6 Å². The lowest BCUT2D eigenvalue weighted by Gasteiger charge is -2.16. The molecule has 0 aromatic heterocycles. The van der Waals surface area contributed by atoms with Crippen LogP contribution in [-0.4, -0.2) is 24.4 Å². The number of amides is 1. The summed E-state index contributed by atoms with van der Waals surface area (Å²) in [6.45, 7) is 4.48. The normalized spacial score (nSPS) is 11.8. The number of benzene rings is 2. The molecule has 2 rings (SSSR count). The molecule has 0 saturated heterocycles. The fourth-order valence-electron chi connectivity index (χ4n) is 2.86. The van der Waals surface area contributed by atoms with Crippen LogP contribution in [0.1, 0.15) is 40.0 Å². The van der Waals surface area contributed by atoms with Crippen LogP contribution in [0.25, 0.3) is 0 Å². The van der Waals surface area contributed by atoms with Crippen LogP contribution >= 0.6 is 0 Å². The Bertz CT molecular complexity index is 774. The van der Waals surface area contributed by atoms with Crippen molar-refractivity contribution in [2.75, 3.05) is 13.6 Å². The van der Waals surface area contributed by atoms with Gasteiger partial charge >= 0.3 is 0 Å². The zero-order chi connectivity index (χ0) is 18.4. The molecule has 1 amide bonds. The number of hydrogen-bond donors (Lipinski definition) is 2. The largest absolute Gasteiger partial charge is 0.355 e. The van der Waals surface area contributed by atoms with Gasteiger partial charge in [0.15, 0.2) is 0 Å². The van der Waals surface area contributed by atoms with E-state index in [2.05, 4.69) is 10.6 Å². The molecule has 1 atom stereocenters. The summed E-state index contributed by atoms with van der Waals surface area (Å²) in [5.41, 5.74) is 3.46. The fourth-order valence-corrected chi connectivity index (χ4v) is 2.86. The molecule has 132 valence electrons. The third kappa shape index (κ3) is 4.64.